The molecule has 2 atom stereocenters. The molecular formula is C21H19NO4. The number of esters is 1. The Hall–Kier alpha value is -2.79. The average Bonchev–Trinajstić information content (AvgIpc) is 3.38. The SMILES string of the molecule is CC1CN1CCC(=O)OCc1ccc2c(c1)C(=O)c1ccccc1C2=O. The highest BCUT2D eigenvalue weighted by Gasteiger charge is 2.30. The molecule has 132 valence electrons. The van der Waals surface area contributed by atoms with Crippen LogP contribution in [-0.2, 0) is 16.1 Å². The summed E-state index contributed by atoms with van der Waals surface area (Å²) in [5, 5.41) is 0. The molecule has 2 aromatic rings. The van der Waals surface area contributed by atoms with Gasteiger partial charge < -0.3 is 4.74 Å². The summed E-state index contributed by atoms with van der Waals surface area (Å²) >= 11 is 0. The minimum atomic E-state index is -0.255. The van der Waals surface area contributed by atoms with Crippen molar-refractivity contribution in [1.29, 1.82) is 0 Å². The first-order chi connectivity index (χ1) is 12.5. The standard InChI is InChI=1S/C21H19NO4/c1-13-11-22(13)9-8-19(23)26-12-14-6-7-17-18(10-14)21(25)16-5-3-2-4-15(16)20(17)24/h2-7,10,13H,8-9,11-12H2,1H3. The fraction of sp³-hybridized carbons (Fsp3) is 0.286. The molecule has 1 aliphatic carbocycles. The lowest BCUT2D eigenvalue weighted by Crippen LogP contribution is -2.21. The molecule has 5 heteroatoms. The van der Waals surface area contributed by atoms with Crippen LogP contribution in [0.25, 0.3) is 0 Å². The molecule has 0 amide bonds. The third kappa shape index (κ3) is 3.06. The van der Waals surface area contributed by atoms with E-state index in [4.69, 9.17) is 4.74 Å². The lowest BCUT2D eigenvalue weighted by atomic mass is 9.83. The molecule has 4 rings (SSSR count). The summed E-state index contributed by atoms with van der Waals surface area (Å²) in [5.41, 5.74) is 2.34. The summed E-state index contributed by atoms with van der Waals surface area (Å²) in [6.45, 7) is 3.98. The van der Waals surface area contributed by atoms with Gasteiger partial charge in [-0.3, -0.25) is 19.3 Å². The van der Waals surface area contributed by atoms with E-state index in [0.29, 0.717) is 46.8 Å². The van der Waals surface area contributed by atoms with E-state index in [1.54, 1.807) is 42.5 Å². The Morgan fingerprint density at radius 1 is 1.04 bits per heavy atom. The number of carbonyl (C=O) groups excluding carboxylic acids is 3. The Kier molecular flexibility index (Phi) is 4.17. The first kappa shape index (κ1) is 16.7. The smallest absolute Gasteiger partial charge is 0.307 e. The molecule has 0 N–H and O–H groups in total. The molecule has 2 aliphatic rings. The molecular weight excluding hydrogens is 330 g/mol. The van der Waals surface area contributed by atoms with Crippen molar-refractivity contribution in [3.05, 3.63) is 70.3 Å². The van der Waals surface area contributed by atoms with Crippen molar-refractivity contribution in [2.24, 2.45) is 0 Å². The van der Waals surface area contributed by atoms with Crippen LogP contribution in [0.15, 0.2) is 42.5 Å². The van der Waals surface area contributed by atoms with Gasteiger partial charge in [-0.15, -0.1) is 0 Å². The number of hydrogen-bond donors (Lipinski definition) is 0. The Morgan fingerprint density at radius 2 is 1.65 bits per heavy atom. The van der Waals surface area contributed by atoms with Gasteiger partial charge in [0, 0.05) is 41.4 Å². The second kappa shape index (κ2) is 6.50. The summed E-state index contributed by atoms with van der Waals surface area (Å²) in [6, 6.07) is 12.4. The lowest BCUT2D eigenvalue weighted by molar-refractivity contribution is -0.145. The maximum Gasteiger partial charge on any atom is 0.307 e. The molecule has 0 bridgehead atoms. The van der Waals surface area contributed by atoms with Gasteiger partial charge in [-0.1, -0.05) is 30.3 Å². The Balaban J connectivity index is 1.46. The number of ketones is 2. The molecule has 26 heavy (non-hydrogen) atoms. The van der Waals surface area contributed by atoms with Crippen molar-refractivity contribution in [3.63, 3.8) is 0 Å². The van der Waals surface area contributed by atoms with Crippen LogP contribution in [-0.4, -0.2) is 41.6 Å². The van der Waals surface area contributed by atoms with Crippen molar-refractivity contribution in [1.82, 2.24) is 4.90 Å². The zero-order valence-electron chi connectivity index (χ0n) is 14.5. The highest BCUT2D eigenvalue weighted by atomic mass is 16.5. The fourth-order valence-electron chi connectivity index (χ4n) is 3.31. The normalized spacial score (nSPS) is 20.3. The zero-order chi connectivity index (χ0) is 18.3. The van der Waals surface area contributed by atoms with Gasteiger partial charge in [0.05, 0.1) is 6.42 Å². The lowest BCUT2D eigenvalue weighted by Gasteiger charge is -2.18. The molecule has 1 fully saturated rings. The van der Waals surface area contributed by atoms with Crippen molar-refractivity contribution < 1.29 is 19.1 Å². The number of nitrogens with zero attached hydrogens (tertiary/aromatic N) is 1. The molecule has 0 aromatic heterocycles. The molecule has 0 spiro atoms. The third-order valence-corrected chi connectivity index (χ3v) is 4.98. The van der Waals surface area contributed by atoms with Gasteiger partial charge in [-0.2, -0.15) is 0 Å². The third-order valence-electron chi connectivity index (χ3n) is 4.98. The van der Waals surface area contributed by atoms with Gasteiger partial charge in [0.25, 0.3) is 0 Å². The second-order valence-electron chi connectivity index (χ2n) is 6.84. The van der Waals surface area contributed by atoms with Crippen molar-refractivity contribution >= 4 is 17.5 Å². The van der Waals surface area contributed by atoms with Gasteiger partial charge in [-0.25, -0.2) is 0 Å². The Labute approximate surface area is 151 Å². The van der Waals surface area contributed by atoms with Crippen LogP contribution < -0.4 is 0 Å². The highest BCUT2D eigenvalue weighted by Crippen LogP contribution is 2.28. The maximum absolute atomic E-state index is 12.7. The van der Waals surface area contributed by atoms with Crippen LogP contribution in [0, 0.1) is 0 Å². The van der Waals surface area contributed by atoms with E-state index in [-0.39, 0.29) is 24.1 Å². The zero-order valence-corrected chi connectivity index (χ0v) is 14.5. The van der Waals surface area contributed by atoms with Crippen LogP contribution in [0.2, 0.25) is 0 Å². The summed E-state index contributed by atoms with van der Waals surface area (Å²) in [6.07, 6.45) is 0.361. The number of hydrogen-bond acceptors (Lipinski definition) is 5. The van der Waals surface area contributed by atoms with Crippen LogP contribution in [0.1, 0.15) is 50.8 Å². The highest BCUT2D eigenvalue weighted by molar-refractivity contribution is 6.28. The van der Waals surface area contributed by atoms with E-state index in [1.165, 1.54) is 0 Å². The van der Waals surface area contributed by atoms with E-state index in [1.807, 2.05) is 0 Å². The first-order valence-corrected chi connectivity index (χ1v) is 8.75. The van der Waals surface area contributed by atoms with E-state index in [0.717, 1.165) is 6.54 Å². The largest absolute Gasteiger partial charge is 0.461 e. The minimum absolute atomic E-state index is 0.102. The number of rotatable bonds is 5. The molecule has 2 unspecified atom stereocenters. The van der Waals surface area contributed by atoms with Gasteiger partial charge in [0.15, 0.2) is 11.6 Å². The van der Waals surface area contributed by atoms with Gasteiger partial charge in [0.2, 0.25) is 0 Å². The number of carbonyl (C=O) groups is 3. The minimum Gasteiger partial charge on any atom is -0.461 e. The topological polar surface area (TPSA) is 63.4 Å². The average molecular weight is 349 g/mol. The molecule has 0 saturated carbocycles. The van der Waals surface area contributed by atoms with E-state index in [2.05, 4.69) is 11.8 Å². The second-order valence-corrected chi connectivity index (χ2v) is 6.84. The first-order valence-electron chi connectivity index (χ1n) is 8.75. The van der Waals surface area contributed by atoms with Crippen molar-refractivity contribution in [2.45, 2.75) is 26.0 Å². The van der Waals surface area contributed by atoms with Crippen LogP contribution in [0.4, 0.5) is 0 Å². The summed E-state index contributed by atoms with van der Waals surface area (Å²) in [5.74, 6) is -0.570. The summed E-state index contributed by atoms with van der Waals surface area (Å²) < 4.78 is 5.30. The van der Waals surface area contributed by atoms with Crippen LogP contribution in [0.5, 0.6) is 0 Å². The number of benzene rings is 2. The molecule has 5 nitrogen and oxygen atoms in total. The molecule has 2 aromatic carbocycles. The predicted molar refractivity (Wildman–Crippen MR) is 95.2 cm³/mol. The van der Waals surface area contributed by atoms with Crippen LogP contribution >= 0.6 is 0 Å². The van der Waals surface area contributed by atoms with Gasteiger partial charge >= 0.3 is 5.97 Å². The number of ether oxygens (including phenoxy) is 1. The molecule has 1 heterocycles. The molecule has 1 saturated heterocycles. The molecule has 1 aliphatic heterocycles. The van der Waals surface area contributed by atoms with Crippen molar-refractivity contribution in [2.75, 3.05) is 13.1 Å². The Morgan fingerprint density at radius 3 is 2.31 bits per heavy atom. The van der Waals surface area contributed by atoms with Gasteiger partial charge in [-0.05, 0) is 24.6 Å². The van der Waals surface area contributed by atoms with Gasteiger partial charge in [0.1, 0.15) is 6.61 Å². The van der Waals surface area contributed by atoms with E-state index < -0.39 is 0 Å². The summed E-state index contributed by atoms with van der Waals surface area (Å²) in [7, 11) is 0. The van der Waals surface area contributed by atoms with E-state index in [9.17, 15) is 14.4 Å². The number of fused-ring (bicyclic) bond motifs is 2. The summed E-state index contributed by atoms with van der Waals surface area (Å²) in [4.78, 5) is 39.3. The van der Waals surface area contributed by atoms with Crippen LogP contribution in [0.3, 0.4) is 0 Å². The Bertz CT molecular complexity index is 918. The molecule has 0 radical (unpaired) electrons. The van der Waals surface area contributed by atoms with E-state index >= 15 is 0 Å². The van der Waals surface area contributed by atoms with Crippen molar-refractivity contribution in [3.8, 4) is 0 Å². The fourth-order valence-corrected chi connectivity index (χ4v) is 3.31. The maximum atomic E-state index is 12.7. The quantitative estimate of drug-likeness (QED) is 0.523. The monoisotopic (exact) mass is 349 g/mol. The predicted octanol–water partition coefficient (Wildman–Crippen LogP) is 2.60.